The highest BCUT2D eigenvalue weighted by atomic mass is 16.5. The lowest BCUT2D eigenvalue weighted by atomic mass is 10.0. The van der Waals surface area contributed by atoms with E-state index in [0.29, 0.717) is 22.6 Å². The van der Waals surface area contributed by atoms with E-state index in [9.17, 15) is 9.59 Å². The third-order valence-corrected chi connectivity index (χ3v) is 4.79. The Labute approximate surface area is 172 Å². The molecule has 0 fully saturated rings. The van der Waals surface area contributed by atoms with Gasteiger partial charge >= 0.3 is 0 Å². The molecule has 0 unspecified atom stereocenters. The molecular weight excluding hydrogens is 382 g/mol. The lowest BCUT2D eigenvalue weighted by Crippen LogP contribution is -2.30. The van der Waals surface area contributed by atoms with Crippen LogP contribution in [0.5, 0.6) is 5.75 Å². The monoisotopic (exact) mass is 403 g/mol. The first-order chi connectivity index (χ1) is 14.4. The van der Waals surface area contributed by atoms with E-state index in [4.69, 9.17) is 4.74 Å². The van der Waals surface area contributed by atoms with Crippen molar-refractivity contribution in [3.63, 3.8) is 0 Å². The maximum Gasteiger partial charge on any atom is 0.293 e. The van der Waals surface area contributed by atoms with Crippen LogP contribution in [-0.2, 0) is 11.3 Å². The fourth-order valence-electron chi connectivity index (χ4n) is 3.32. The second kappa shape index (κ2) is 7.82. The Morgan fingerprint density at radius 1 is 1.13 bits per heavy atom. The van der Waals surface area contributed by atoms with Crippen molar-refractivity contribution >= 4 is 17.1 Å². The standard InChI is InChI=1S/C22H21N5O3/c1-14-7-8-18(15(2)9-14)19-11-20-22(29)26(23-13-27(20)25-19)12-21(28)24-16-5-4-6-17(10-16)30-3/h4-11,13H,12H2,1-3H3,(H,24,28). The molecule has 0 radical (unpaired) electrons. The highest BCUT2D eigenvalue weighted by Gasteiger charge is 2.13. The lowest BCUT2D eigenvalue weighted by Gasteiger charge is -2.08. The van der Waals surface area contributed by atoms with Crippen LogP contribution < -0.4 is 15.6 Å². The molecule has 30 heavy (non-hydrogen) atoms. The van der Waals surface area contributed by atoms with Gasteiger partial charge in [0.05, 0.1) is 12.8 Å². The second-order valence-electron chi connectivity index (χ2n) is 7.05. The van der Waals surface area contributed by atoms with E-state index in [-0.39, 0.29) is 18.0 Å². The second-order valence-corrected chi connectivity index (χ2v) is 7.05. The van der Waals surface area contributed by atoms with Gasteiger partial charge in [0.15, 0.2) is 0 Å². The van der Waals surface area contributed by atoms with Gasteiger partial charge in [0.1, 0.15) is 24.1 Å². The number of benzene rings is 2. The number of ether oxygens (including phenoxy) is 1. The number of amides is 1. The van der Waals surface area contributed by atoms with Gasteiger partial charge in [-0.3, -0.25) is 9.59 Å². The number of hydrogen-bond donors (Lipinski definition) is 1. The number of carbonyl (C=O) groups is 1. The molecule has 0 bridgehead atoms. The molecular formula is C22H21N5O3. The highest BCUT2D eigenvalue weighted by Crippen LogP contribution is 2.23. The van der Waals surface area contributed by atoms with Gasteiger partial charge < -0.3 is 10.1 Å². The summed E-state index contributed by atoms with van der Waals surface area (Å²) in [6.45, 7) is 3.82. The van der Waals surface area contributed by atoms with E-state index in [1.54, 1.807) is 37.4 Å². The summed E-state index contributed by atoms with van der Waals surface area (Å²) in [5.74, 6) is 0.263. The maximum absolute atomic E-state index is 12.8. The van der Waals surface area contributed by atoms with Gasteiger partial charge in [-0.1, -0.05) is 29.8 Å². The fraction of sp³-hybridized carbons (Fsp3) is 0.182. The molecule has 0 aliphatic rings. The van der Waals surface area contributed by atoms with Crippen LogP contribution in [0.4, 0.5) is 5.69 Å². The number of hydrogen-bond acceptors (Lipinski definition) is 5. The lowest BCUT2D eigenvalue weighted by molar-refractivity contribution is -0.117. The minimum absolute atomic E-state index is 0.212. The van der Waals surface area contributed by atoms with Crippen molar-refractivity contribution in [2.24, 2.45) is 0 Å². The van der Waals surface area contributed by atoms with E-state index >= 15 is 0 Å². The Bertz CT molecular complexity index is 1310. The average molecular weight is 403 g/mol. The molecule has 8 nitrogen and oxygen atoms in total. The van der Waals surface area contributed by atoms with Crippen molar-refractivity contribution in [3.8, 4) is 17.0 Å². The van der Waals surface area contributed by atoms with Crippen molar-refractivity contribution in [2.75, 3.05) is 12.4 Å². The zero-order chi connectivity index (χ0) is 21.3. The summed E-state index contributed by atoms with van der Waals surface area (Å²) in [6.07, 6.45) is 1.43. The number of nitrogens with zero attached hydrogens (tertiary/aromatic N) is 4. The smallest absolute Gasteiger partial charge is 0.293 e. The first kappa shape index (κ1) is 19.4. The molecule has 0 aliphatic carbocycles. The van der Waals surface area contributed by atoms with Crippen LogP contribution in [0.15, 0.2) is 59.7 Å². The average Bonchev–Trinajstić information content (AvgIpc) is 3.15. The minimum Gasteiger partial charge on any atom is -0.497 e. The van der Waals surface area contributed by atoms with Crippen LogP contribution in [0.3, 0.4) is 0 Å². The summed E-state index contributed by atoms with van der Waals surface area (Å²) in [5, 5.41) is 11.3. The van der Waals surface area contributed by atoms with Crippen LogP contribution in [-0.4, -0.2) is 32.4 Å². The molecule has 2 aromatic carbocycles. The highest BCUT2D eigenvalue weighted by molar-refractivity contribution is 5.90. The molecule has 4 aromatic rings. The molecule has 2 heterocycles. The van der Waals surface area contributed by atoms with Gasteiger partial charge in [-0.15, -0.1) is 0 Å². The number of anilines is 1. The van der Waals surface area contributed by atoms with Gasteiger partial charge in [0.2, 0.25) is 5.91 Å². The Balaban J connectivity index is 1.60. The van der Waals surface area contributed by atoms with E-state index in [0.717, 1.165) is 21.4 Å². The SMILES string of the molecule is COc1cccc(NC(=O)Cn2ncn3nc(-c4ccc(C)cc4C)cc3c2=O)c1. The molecule has 0 spiro atoms. The first-order valence-electron chi connectivity index (χ1n) is 9.41. The first-order valence-corrected chi connectivity index (χ1v) is 9.41. The molecule has 1 N–H and O–H groups in total. The van der Waals surface area contributed by atoms with E-state index < -0.39 is 0 Å². The minimum atomic E-state index is -0.387. The summed E-state index contributed by atoms with van der Waals surface area (Å²) in [5.41, 5.74) is 4.41. The third-order valence-electron chi connectivity index (χ3n) is 4.79. The zero-order valence-corrected chi connectivity index (χ0v) is 16.9. The number of methoxy groups -OCH3 is 1. The summed E-state index contributed by atoms with van der Waals surface area (Å²) in [7, 11) is 1.55. The van der Waals surface area contributed by atoms with Gasteiger partial charge in [0, 0.05) is 17.3 Å². The number of carbonyl (C=O) groups excluding carboxylic acids is 1. The van der Waals surface area contributed by atoms with Crippen LogP contribution in [0.2, 0.25) is 0 Å². The largest absolute Gasteiger partial charge is 0.497 e. The van der Waals surface area contributed by atoms with E-state index in [1.807, 2.05) is 26.0 Å². The van der Waals surface area contributed by atoms with Gasteiger partial charge in [-0.25, -0.2) is 9.20 Å². The Kier molecular flexibility index (Phi) is 5.05. The zero-order valence-electron chi connectivity index (χ0n) is 16.9. The van der Waals surface area contributed by atoms with Crippen molar-refractivity contribution in [2.45, 2.75) is 20.4 Å². The summed E-state index contributed by atoms with van der Waals surface area (Å²) in [6, 6.07) is 14.8. The van der Waals surface area contributed by atoms with E-state index in [1.165, 1.54) is 10.8 Å². The van der Waals surface area contributed by atoms with Crippen molar-refractivity contribution < 1.29 is 9.53 Å². The topological polar surface area (TPSA) is 90.5 Å². The van der Waals surface area contributed by atoms with Crippen LogP contribution in [0.25, 0.3) is 16.8 Å². The summed E-state index contributed by atoms with van der Waals surface area (Å²) in [4.78, 5) is 25.2. The normalized spacial score (nSPS) is 10.9. The Hall–Kier alpha value is -3.94. The summed E-state index contributed by atoms with van der Waals surface area (Å²) >= 11 is 0. The number of aromatic nitrogens is 4. The molecule has 0 aliphatic heterocycles. The fourth-order valence-corrected chi connectivity index (χ4v) is 3.32. The van der Waals surface area contributed by atoms with Crippen LogP contribution in [0.1, 0.15) is 11.1 Å². The van der Waals surface area contributed by atoms with Crippen molar-refractivity contribution in [1.82, 2.24) is 19.4 Å². The predicted octanol–water partition coefficient (Wildman–Crippen LogP) is 2.82. The molecule has 0 saturated carbocycles. The van der Waals surface area contributed by atoms with Gasteiger partial charge in [0.25, 0.3) is 5.56 Å². The maximum atomic E-state index is 12.8. The molecule has 8 heteroatoms. The molecule has 1 amide bonds. The Morgan fingerprint density at radius 2 is 1.97 bits per heavy atom. The van der Waals surface area contributed by atoms with Crippen LogP contribution >= 0.6 is 0 Å². The molecule has 4 rings (SSSR count). The number of fused-ring (bicyclic) bond motifs is 1. The number of nitrogens with one attached hydrogen (secondary N) is 1. The predicted molar refractivity (Wildman–Crippen MR) is 114 cm³/mol. The van der Waals surface area contributed by atoms with Gasteiger partial charge in [-0.2, -0.15) is 10.2 Å². The van der Waals surface area contributed by atoms with Gasteiger partial charge in [-0.05, 0) is 37.6 Å². The van der Waals surface area contributed by atoms with Crippen molar-refractivity contribution in [3.05, 3.63) is 76.3 Å². The molecule has 2 aromatic heterocycles. The van der Waals surface area contributed by atoms with Crippen LogP contribution in [0, 0.1) is 13.8 Å². The number of rotatable bonds is 5. The number of aryl methyl sites for hydroxylation is 2. The molecule has 0 saturated heterocycles. The van der Waals surface area contributed by atoms with Crippen molar-refractivity contribution in [1.29, 1.82) is 0 Å². The Morgan fingerprint density at radius 3 is 2.73 bits per heavy atom. The summed E-state index contributed by atoms with van der Waals surface area (Å²) < 4.78 is 7.71. The third kappa shape index (κ3) is 3.80. The van der Waals surface area contributed by atoms with E-state index in [2.05, 4.69) is 21.6 Å². The molecule has 0 atom stereocenters. The quantitative estimate of drug-likeness (QED) is 0.553. The molecule has 152 valence electrons.